The van der Waals surface area contributed by atoms with Crippen LogP contribution in [0, 0.1) is 5.92 Å². The molecule has 15 heavy (non-hydrogen) atoms. The first-order valence-corrected chi connectivity index (χ1v) is 5.32. The molecule has 88 valence electrons. The fraction of sp³-hybridized carbons (Fsp3) is 0.900. The number of ether oxygens (including phenoxy) is 1. The molecule has 0 aliphatic carbocycles. The maximum Gasteiger partial charge on any atom is 0.229 e. The topological polar surface area (TPSA) is 75.8 Å². The molecule has 2 unspecified atom stereocenters. The Kier molecular flexibility index (Phi) is 4.50. The van der Waals surface area contributed by atoms with Crippen LogP contribution in [0.1, 0.15) is 13.8 Å². The molecule has 0 radical (unpaired) electrons. The Balaban J connectivity index is 2.62. The van der Waals surface area contributed by atoms with Gasteiger partial charge in [-0.2, -0.15) is 0 Å². The molecule has 1 rings (SSSR count). The van der Waals surface area contributed by atoms with Crippen molar-refractivity contribution in [3.63, 3.8) is 0 Å². The minimum Gasteiger partial charge on any atom is -0.395 e. The average molecular weight is 216 g/mol. The first-order valence-electron chi connectivity index (χ1n) is 5.32. The molecule has 1 aliphatic heterocycles. The van der Waals surface area contributed by atoms with Gasteiger partial charge in [0.15, 0.2) is 0 Å². The van der Waals surface area contributed by atoms with E-state index < -0.39 is 0 Å². The van der Waals surface area contributed by atoms with Crippen LogP contribution in [-0.4, -0.2) is 54.4 Å². The lowest BCUT2D eigenvalue weighted by Crippen LogP contribution is -2.47. The monoisotopic (exact) mass is 216 g/mol. The Labute approximate surface area is 90.2 Å². The van der Waals surface area contributed by atoms with E-state index in [0.717, 1.165) is 0 Å². The number of amides is 1. The number of carbonyl (C=O) groups excluding carboxylic acids is 1. The molecular formula is C10H20N2O3. The lowest BCUT2D eigenvalue weighted by atomic mass is 10.0. The highest BCUT2D eigenvalue weighted by Crippen LogP contribution is 2.16. The number of nitrogens with zero attached hydrogens (tertiary/aromatic N) is 1. The molecule has 0 aromatic carbocycles. The van der Waals surface area contributed by atoms with Crippen LogP contribution >= 0.6 is 0 Å². The van der Waals surface area contributed by atoms with E-state index in [-0.39, 0.29) is 30.5 Å². The molecule has 0 aromatic rings. The largest absolute Gasteiger partial charge is 0.395 e. The molecule has 0 aromatic heterocycles. The van der Waals surface area contributed by atoms with E-state index in [0.29, 0.717) is 19.8 Å². The number of rotatable bonds is 4. The van der Waals surface area contributed by atoms with Crippen LogP contribution in [0.25, 0.3) is 0 Å². The van der Waals surface area contributed by atoms with Gasteiger partial charge in [0.2, 0.25) is 5.91 Å². The van der Waals surface area contributed by atoms with Crippen molar-refractivity contribution in [1.29, 1.82) is 0 Å². The molecule has 0 spiro atoms. The van der Waals surface area contributed by atoms with Crippen LogP contribution in [0.15, 0.2) is 0 Å². The summed E-state index contributed by atoms with van der Waals surface area (Å²) in [6.45, 7) is 5.03. The third kappa shape index (κ3) is 2.90. The van der Waals surface area contributed by atoms with E-state index >= 15 is 0 Å². The predicted octanol–water partition coefficient (Wildman–Crippen LogP) is -0.811. The van der Waals surface area contributed by atoms with Crippen LogP contribution in [0.5, 0.6) is 0 Å². The second-order valence-electron chi connectivity index (χ2n) is 4.16. The zero-order chi connectivity index (χ0) is 11.4. The van der Waals surface area contributed by atoms with Crippen LogP contribution < -0.4 is 5.73 Å². The fourth-order valence-electron chi connectivity index (χ4n) is 1.77. The van der Waals surface area contributed by atoms with Crippen LogP contribution in [0.2, 0.25) is 0 Å². The molecule has 0 saturated carbocycles. The van der Waals surface area contributed by atoms with Crippen molar-refractivity contribution in [1.82, 2.24) is 4.90 Å². The fourth-order valence-corrected chi connectivity index (χ4v) is 1.77. The third-order valence-corrected chi connectivity index (χ3v) is 2.69. The normalized spacial score (nSPS) is 25.9. The summed E-state index contributed by atoms with van der Waals surface area (Å²) in [6.07, 6.45) is 0. The van der Waals surface area contributed by atoms with Crippen LogP contribution in [0.4, 0.5) is 0 Å². The minimum atomic E-state index is -0.251. The van der Waals surface area contributed by atoms with Crippen molar-refractivity contribution in [2.45, 2.75) is 25.9 Å². The summed E-state index contributed by atoms with van der Waals surface area (Å²) < 4.78 is 5.16. The molecule has 1 aliphatic rings. The molecule has 0 bridgehead atoms. The highest BCUT2D eigenvalue weighted by molar-refractivity contribution is 5.80. The van der Waals surface area contributed by atoms with Gasteiger partial charge in [-0.3, -0.25) is 4.79 Å². The summed E-state index contributed by atoms with van der Waals surface area (Å²) in [5, 5.41) is 8.89. The Morgan fingerprint density at radius 1 is 1.60 bits per heavy atom. The smallest absolute Gasteiger partial charge is 0.229 e. The number of aliphatic hydroxyl groups is 1. The third-order valence-electron chi connectivity index (χ3n) is 2.69. The summed E-state index contributed by atoms with van der Waals surface area (Å²) >= 11 is 0. The highest BCUT2D eigenvalue weighted by Gasteiger charge is 2.34. The summed E-state index contributed by atoms with van der Waals surface area (Å²) in [5.41, 5.74) is 5.78. The zero-order valence-electron chi connectivity index (χ0n) is 9.35. The van der Waals surface area contributed by atoms with Gasteiger partial charge in [0.25, 0.3) is 0 Å². The molecule has 5 heteroatoms. The Morgan fingerprint density at radius 2 is 2.27 bits per heavy atom. The molecule has 3 N–H and O–H groups in total. The standard InChI is InChI=1S/C10H20N2O3/c1-7(2)12(3-4-13)10(14)8-5-15-6-9(8)11/h7-9,13H,3-6,11H2,1-2H3. The van der Waals surface area contributed by atoms with E-state index in [4.69, 9.17) is 15.6 Å². The van der Waals surface area contributed by atoms with E-state index in [9.17, 15) is 4.79 Å². The van der Waals surface area contributed by atoms with Gasteiger partial charge in [-0.05, 0) is 13.8 Å². The second-order valence-corrected chi connectivity index (χ2v) is 4.16. The van der Waals surface area contributed by atoms with Crippen LogP contribution in [0.3, 0.4) is 0 Å². The van der Waals surface area contributed by atoms with Gasteiger partial charge in [-0.15, -0.1) is 0 Å². The molecule has 2 atom stereocenters. The summed E-state index contributed by atoms with van der Waals surface area (Å²) in [7, 11) is 0. The number of hydrogen-bond acceptors (Lipinski definition) is 4. The summed E-state index contributed by atoms with van der Waals surface area (Å²) in [5.74, 6) is -0.261. The van der Waals surface area contributed by atoms with E-state index in [1.807, 2.05) is 13.8 Å². The highest BCUT2D eigenvalue weighted by atomic mass is 16.5. The second kappa shape index (κ2) is 5.44. The number of aliphatic hydroxyl groups excluding tert-OH is 1. The first-order chi connectivity index (χ1) is 7.07. The molecule has 5 nitrogen and oxygen atoms in total. The zero-order valence-corrected chi connectivity index (χ0v) is 9.35. The Hall–Kier alpha value is -0.650. The van der Waals surface area contributed by atoms with Gasteiger partial charge >= 0.3 is 0 Å². The van der Waals surface area contributed by atoms with Crippen molar-refractivity contribution < 1.29 is 14.6 Å². The van der Waals surface area contributed by atoms with Crippen molar-refractivity contribution in [2.24, 2.45) is 11.7 Å². The van der Waals surface area contributed by atoms with Gasteiger partial charge in [0, 0.05) is 18.6 Å². The van der Waals surface area contributed by atoms with Gasteiger partial charge < -0.3 is 20.5 Å². The first kappa shape index (κ1) is 12.4. The Morgan fingerprint density at radius 3 is 2.67 bits per heavy atom. The molecule has 1 fully saturated rings. The molecular weight excluding hydrogens is 196 g/mol. The number of hydrogen-bond donors (Lipinski definition) is 2. The Bertz CT molecular complexity index is 221. The lowest BCUT2D eigenvalue weighted by molar-refractivity contribution is -0.138. The molecule has 1 saturated heterocycles. The number of carbonyl (C=O) groups is 1. The average Bonchev–Trinajstić information content (AvgIpc) is 2.59. The van der Waals surface area contributed by atoms with Gasteiger partial charge in [-0.25, -0.2) is 0 Å². The van der Waals surface area contributed by atoms with Gasteiger partial charge in [0.1, 0.15) is 0 Å². The SMILES string of the molecule is CC(C)N(CCO)C(=O)C1COCC1N. The quantitative estimate of drug-likeness (QED) is 0.644. The van der Waals surface area contributed by atoms with Gasteiger partial charge in [0.05, 0.1) is 25.7 Å². The van der Waals surface area contributed by atoms with Crippen LogP contribution in [-0.2, 0) is 9.53 Å². The minimum absolute atomic E-state index is 0.0101. The van der Waals surface area contributed by atoms with E-state index in [1.165, 1.54) is 0 Å². The van der Waals surface area contributed by atoms with Crippen molar-refractivity contribution in [3.8, 4) is 0 Å². The molecule has 1 heterocycles. The lowest BCUT2D eigenvalue weighted by Gasteiger charge is -2.29. The summed E-state index contributed by atoms with van der Waals surface area (Å²) in [4.78, 5) is 13.7. The van der Waals surface area contributed by atoms with E-state index in [2.05, 4.69) is 0 Å². The van der Waals surface area contributed by atoms with Gasteiger partial charge in [-0.1, -0.05) is 0 Å². The van der Waals surface area contributed by atoms with Crippen molar-refractivity contribution in [3.05, 3.63) is 0 Å². The number of nitrogens with two attached hydrogens (primary N) is 1. The maximum absolute atomic E-state index is 12.0. The predicted molar refractivity (Wildman–Crippen MR) is 56.2 cm³/mol. The molecule has 1 amide bonds. The summed E-state index contributed by atoms with van der Waals surface area (Å²) in [6, 6.07) is -0.130. The van der Waals surface area contributed by atoms with Crippen molar-refractivity contribution in [2.75, 3.05) is 26.4 Å². The van der Waals surface area contributed by atoms with E-state index in [1.54, 1.807) is 4.90 Å². The van der Waals surface area contributed by atoms with Crippen molar-refractivity contribution >= 4 is 5.91 Å². The maximum atomic E-state index is 12.0.